The molecule has 0 radical (unpaired) electrons. The fraction of sp³-hybridized carbons (Fsp3) is 0.538. The van der Waals surface area contributed by atoms with Crippen LogP contribution in [0.15, 0.2) is 24.3 Å². The highest BCUT2D eigenvalue weighted by Crippen LogP contribution is 2.14. The van der Waals surface area contributed by atoms with Crippen molar-refractivity contribution in [1.29, 1.82) is 0 Å². The van der Waals surface area contributed by atoms with Gasteiger partial charge in [-0.2, -0.15) is 0 Å². The lowest BCUT2D eigenvalue weighted by Crippen LogP contribution is -2.20. The first kappa shape index (κ1) is 13.4. The lowest BCUT2D eigenvalue weighted by molar-refractivity contribution is 0.128. The fourth-order valence-electron chi connectivity index (χ4n) is 1.88. The minimum atomic E-state index is -0.863. The average molecular weight is 269 g/mol. The normalized spacial score (nSPS) is 20.8. The van der Waals surface area contributed by atoms with Crippen molar-refractivity contribution in [3.8, 4) is 5.75 Å². The first-order valence-electron chi connectivity index (χ1n) is 6.19. The predicted octanol–water partition coefficient (Wildman–Crippen LogP) is 1.58. The third-order valence-corrected chi connectivity index (χ3v) is 4.22. The van der Waals surface area contributed by atoms with E-state index in [2.05, 4.69) is 0 Å². The van der Waals surface area contributed by atoms with Gasteiger partial charge in [-0.05, 0) is 37.1 Å². The first-order chi connectivity index (χ1) is 8.74. The van der Waals surface area contributed by atoms with Gasteiger partial charge < -0.3 is 15.2 Å². The number of hydrogen-bond donors (Lipinski definition) is 1. The summed E-state index contributed by atoms with van der Waals surface area (Å²) in [5.74, 6) is 1.94. The molecule has 1 fully saturated rings. The highest BCUT2D eigenvalue weighted by molar-refractivity contribution is 7.85. The summed E-state index contributed by atoms with van der Waals surface area (Å²) in [6.07, 6.45) is 2.30. The summed E-state index contributed by atoms with van der Waals surface area (Å²) >= 11 is 0. The van der Waals surface area contributed by atoms with Gasteiger partial charge in [0.25, 0.3) is 0 Å². The molecule has 0 spiro atoms. The van der Waals surface area contributed by atoms with Gasteiger partial charge in [-0.15, -0.1) is 0 Å². The van der Waals surface area contributed by atoms with Crippen LogP contribution in [-0.2, 0) is 15.5 Å². The van der Waals surface area contributed by atoms with Crippen molar-refractivity contribution in [3.05, 3.63) is 24.3 Å². The van der Waals surface area contributed by atoms with Gasteiger partial charge in [0.2, 0.25) is 0 Å². The SMILES string of the molecule is Nc1ccc(OCCS(=O)CC2CCCO2)cc1. The van der Waals surface area contributed by atoms with Crippen LogP contribution < -0.4 is 10.5 Å². The van der Waals surface area contributed by atoms with Gasteiger partial charge >= 0.3 is 0 Å². The molecular formula is C13H19NO3S. The van der Waals surface area contributed by atoms with E-state index in [1.807, 2.05) is 12.1 Å². The summed E-state index contributed by atoms with van der Waals surface area (Å²) in [5.41, 5.74) is 6.29. The van der Waals surface area contributed by atoms with Gasteiger partial charge in [0.1, 0.15) is 5.75 Å². The van der Waals surface area contributed by atoms with Crippen LogP contribution in [0, 0.1) is 0 Å². The number of nitrogens with two attached hydrogens (primary N) is 1. The van der Waals surface area contributed by atoms with E-state index in [0.29, 0.717) is 23.8 Å². The van der Waals surface area contributed by atoms with Gasteiger partial charge in [-0.1, -0.05) is 0 Å². The van der Waals surface area contributed by atoms with Crippen LogP contribution >= 0.6 is 0 Å². The van der Waals surface area contributed by atoms with E-state index in [1.165, 1.54) is 0 Å². The van der Waals surface area contributed by atoms with Crippen molar-refractivity contribution >= 4 is 16.5 Å². The number of benzene rings is 1. The Morgan fingerprint density at radius 3 is 2.83 bits per heavy atom. The molecule has 0 amide bonds. The van der Waals surface area contributed by atoms with Crippen LogP contribution in [0.1, 0.15) is 12.8 Å². The molecule has 2 N–H and O–H groups in total. The van der Waals surface area contributed by atoms with Crippen LogP contribution in [0.3, 0.4) is 0 Å². The molecule has 0 aliphatic carbocycles. The van der Waals surface area contributed by atoms with Crippen molar-refractivity contribution in [2.45, 2.75) is 18.9 Å². The second-order valence-electron chi connectivity index (χ2n) is 4.36. The summed E-state index contributed by atoms with van der Waals surface area (Å²) in [7, 11) is -0.863. The Morgan fingerprint density at radius 2 is 2.17 bits per heavy atom. The predicted molar refractivity (Wildman–Crippen MR) is 73.2 cm³/mol. The summed E-state index contributed by atoms with van der Waals surface area (Å²) in [6.45, 7) is 1.27. The van der Waals surface area contributed by atoms with Gasteiger partial charge in [0.05, 0.1) is 18.5 Å². The first-order valence-corrected chi connectivity index (χ1v) is 7.68. The Balaban J connectivity index is 1.65. The standard InChI is InChI=1S/C13H19NO3S/c14-11-3-5-12(6-4-11)17-8-9-18(15)10-13-2-1-7-16-13/h3-6,13H,1-2,7-10,14H2. The molecule has 2 unspecified atom stereocenters. The summed E-state index contributed by atoms with van der Waals surface area (Å²) in [6, 6.07) is 7.22. The Kier molecular flexibility index (Phi) is 5.01. The monoisotopic (exact) mass is 269 g/mol. The molecule has 1 aromatic carbocycles. The smallest absolute Gasteiger partial charge is 0.119 e. The number of nitrogen functional groups attached to an aromatic ring is 1. The Bertz CT molecular complexity index is 388. The van der Waals surface area contributed by atoms with Crippen molar-refractivity contribution < 1.29 is 13.7 Å². The van der Waals surface area contributed by atoms with E-state index in [9.17, 15) is 4.21 Å². The highest BCUT2D eigenvalue weighted by Gasteiger charge is 2.18. The minimum absolute atomic E-state index is 0.183. The second kappa shape index (κ2) is 6.75. The zero-order valence-electron chi connectivity index (χ0n) is 10.3. The van der Waals surface area contributed by atoms with Gasteiger partial charge in [0, 0.05) is 28.8 Å². The molecule has 1 heterocycles. The molecule has 5 heteroatoms. The Labute approximate surface area is 110 Å². The van der Waals surface area contributed by atoms with E-state index in [4.69, 9.17) is 15.2 Å². The molecule has 2 rings (SSSR count). The summed E-state index contributed by atoms with van der Waals surface area (Å²) in [4.78, 5) is 0. The second-order valence-corrected chi connectivity index (χ2v) is 5.98. The Hall–Kier alpha value is -1.07. The van der Waals surface area contributed by atoms with Gasteiger partial charge in [-0.25, -0.2) is 0 Å². The molecule has 1 aliphatic rings. The van der Waals surface area contributed by atoms with Crippen LogP contribution in [0.5, 0.6) is 5.75 Å². The molecular weight excluding hydrogens is 250 g/mol. The van der Waals surface area contributed by atoms with Crippen LogP contribution in [0.4, 0.5) is 5.69 Å². The molecule has 1 saturated heterocycles. The van der Waals surface area contributed by atoms with Crippen LogP contribution in [0.25, 0.3) is 0 Å². The van der Waals surface area contributed by atoms with Crippen LogP contribution in [0.2, 0.25) is 0 Å². The third kappa shape index (κ3) is 4.31. The van der Waals surface area contributed by atoms with E-state index in [1.54, 1.807) is 12.1 Å². The molecule has 100 valence electrons. The average Bonchev–Trinajstić information content (AvgIpc) is 2.84. The summed E-state index contributed by atoms with van der Waals surface area (Å²) < 4.78 is 22.7. The van der Waals surface area contributed by atoms with Gasteiger partial charge in [0.15, 0.2) is 0 Å². The summed E-state index contributed by atoms with van der Waals surface area (Å²) in [5, 5.41) is 0. The molecule has 0 saturated carbocycles. The lowest BCUT2D eigenvalue weighted by Gasteiger charge is -2.09. The lowest BCUT2D eigenvalue weighted by atomic mass is 10.3. The molecule has 0 aromatic heterocycles. The third-order valence-electron chi connectivity index (χ3n) is 2.86. The maximum absolute atomic E-state index is 11.8. The largest absolute Gasteiger partial charge is 0.493 e. The van der Waals surface area contributed by atoms with Crippen molar-refractivity contribution in [1.82, 2.24) is 0 Å². The highest BCUT2D eigenvalue weighted by atomic mass is 32.2. The van der Waals surface area contributed by atoms with Crippen molar-refractivity contribution in [2.24, 2.45) is 0 Å². The quantitative estimate of drug-likeness (QED) is 0.796. The maximum Gasteiger partial charge on any atom is 0.119 e. The number of rotatable bonds is 6. The molecule has 18 heavy (non-hydrogen) atoms. The minimum Gasteiger partial charge on any atom is -0.493 e. The molecule has 2 atom stereocenters. The molecule has 0 bridgehead atoms. The van der Waals surface area contributed by atoms with E-state index < -0.39 is 10.8 Å². The fourth-order valence-corrected chi connectivity index (χ4v) is 3.00. The van der Waals surface area contributed by atoms with Crippen molar-refractivity contribution in [3.63, 3.8) is 0 Å². The number of ether oxygens (including phenoxy) is 2. The zero-order chi connectivity index (χ0) is 12.8. The number of anilines is 1. The molecule has 1 aromatic rings. The number of hydrogen-bond acceptors (Lipinski definition) is 4. The molecule has 4 nitrogen and oxygen atoms in total. The van der Waals surface area contributed by atoms with Crippen LogP contribution in [-0.4, -0.2) is 35.0 Å². The zero-order valence-corrected chi connectivity index (χ0v) is 11.2. The van der Waals surface area contributed by atoms with E-state index in [0.717, 1.165) is 25.2 Å². The van der Waals surface area contributed by atoms with E-state index in [-0.39, 0.29) is 6.10 Å². The topological polar surface area (TPSA) is 61.5 Å². The van der Waals surface area contributed by atoms with Gasteiger partial charge in [-0.3, -0.25) is 4.21 Å². The molecule has 1 aliphatic heterocycles. The van der Waals surface area contributed by atoms with E-state index >= 15 is 0 Å². The van der Waals surface area contributed by atoms with Crippen molar-refractivity contribution in [2.75, 3.05) is 30.5 Å². The Morgan fingerprint density at radius 1 is 1.39 bits per heavy atom. The maximum atomic E-state index is 11.8.